The molecular formula is C22H15IN2O4. The van der Waals surface area contributed by atoms with Crippen LogP contribution in [0.5, 0.6) is 11.5 Å². The third-order valence-electron chi connectivity index (χ3n) is 4.35. The molecule has 6 nitrogen and oxygen atoms in total. The summed E-state index contributed by atoms with van der Waals surface area (Å²) in [5.74, 6) is 0.572. The van der Waals surface area contributed by atoms with Crippen LogP contribution in [-0.4, -0.2) is 23.0 Å². The lowest BCUT2D eigenvalue weighted by Crippen LogP contribution is -2.11. The standard InChI is InChI=1S/C22H15IN2O4/c1-28-19-12-13(20-24-17-9-5-3-7-15(17)21(26)25-20)10-11-18(19)29-22(27)14-6-2-4-8-16(14)23/h2-12H,1H3,(H,24,25,26). The average molecular weight is 498 g/mol. The summed E-state index contributed by atoms with van der Waals surface area (Å²) < 4.78 is 11.7. The number of carbonyl (C=O) groups is 1. The summed E-state index contributed by atoms with van der Waals surface area (Å²) in [6.07, 6.45) is 0. The minimum Gasteiger partial charge on any atom is -0.493 e. The normalized spacial score (nSPS) is 10.7. The zero-order valence-corrected chi connectivity index (χ0v) is 17.5. The highest BCUT2D eigenvalue weighted by atomic mass is 127. The van der Waals surface area contributed by atoms with Crippen LogP contribution in [0.25, 0.3) is 22.3 Å². The van der Waals surface area contributed by atoms with E-state index in [0.29, 0.717) is 33.6 Å². The van der Waals surface area contributed by atoms with E-state index in [1.54, 1.807) is 48.5 Å². The Labute approximate surface area is 179 Å². The maximum absolute atomic E-state index is 12.5. The van der Waals surface area contributed by atoms with Gasteiger partial charge < -0.3 is 14.5 Å². The second kappa shape index (κ2) is 8.04. The molecule has 29 heavy (non-hydrogen) atoms. The smallest absolute Gasteiger partial charge is 0.344 e. The van der Waals surface area contributed by atoms with Crippen molar-refractivity contribution in [3.8, 4) is 22.9 Å². The van der Waals surface area contributed by atoms with Crippen molar-refractivity contribution in [3.63, 3.8) is 0 Å². The summed E-state index contributed by atoms with van der Waals surface area (Å²) >= 11 is 2.09. The van der Waals surface area contributed by atoms with E-state index in [1.807, 2.05) is 18.2 Å². The molecule has 0 saturated heterocycles. The number of ether oxygens (including phenoxy) is 2. The number of nitrogens with zero attached hydrogens (tertiary/aromatic N) is 1. The van der Waals surface area contributed by atoms with Gasteiger partial charge in [0.1, 0.15) is 5.82 Å². The van der Waals surface area contributed by atoms with Gasteiger partial charge in [0, 0.05) is 9.13 Å². The number of aromatic nitrogens is 2. The highest BCUT2D eigenvalue weighted by Gasteiger charge is 2.16. The van der Waals surface area contributed by atoms with E-state index >= 15 is 0 Å². The van der Waals surface area contributed by atoms with Gasteiger partial charge in [0.25, 0.3) is 5.56 Å². The van der Waals surface area contributed by atoms with Crippen molar-refractivity contribution in [3.05, 3.63) is 86.2 Å². The van der Waals surface area contributed by atoms with E-state index < -0.39 is 5.97 Å². The van der Waals surface area contributed by atoms with Crippen LogP contribution in [0.4, 0.5) is 0 Å². The Bertz CT molecular complexity index is 1280. The maximum atomic E-state index is 12.5. The predicted octanol–water partition coefficient (Wildman–Crippen LogP) is 4.42. The van der Waals surface area contributed by atoms with Gasteiger partial charge in [-0.15, -0.1) is 0 Å². The molecule has 0 saturated carbocycles. The summed E-state index contributed by atoms with van der Waals surface area (Å²) in [5, 5.41) is 0.520. The average Bonchev–Trinajstić information content (AvgIpc) is 2.74. The molecule has 7 heteroatoms. The zero-order chi connectivity index (χ0) is 20.4. The number of methoxy groups -OCH3 is 1. The van der Waals surface area contributed by atoms with Crippen molar-refractivity contribution in [2.75, 3.05) is 7.11 Å². The van der Waals surface area contributed by atoms with Crippen LogP contribution in [0.1, 0.15) is 10.4 Å². The lowest BCUT2D eigenvalue weighted by molar-refractivity contribution is 0.0728. The van der Waals surface area contributed by atoms with Crippen LogP contribution in [0.3, 0.4) is 0 Å². The molecular weight excluding hydrogens is 483 g/mol. The Balaban J connectivity index is 1.69. The van der Waals surface area contributed by atoms with E-state index in [0.717, 1.165) is 3.57 Å². The number of hydrogen-bond donors (Lipinski definition) is 1. The first-order valence-electron chi connectivity index (χ1n) is 8.71. The van der Waals surface area contributed by atoms with E-state index in [9.17, 15) is 9.59 Å². The maximum Gasteiger partial charge on any atom is 0.344 e. The van der Waals surface area contributed by atoms with Crippen molar-refractivity contribution in [1.82, 2.24) is 9.97 Å². The summed E-state index contributed by atoms with van der Waals surface area (Å²) in [6.45, 7) is 0. The van der Waals surface area contributed by atoms with Gasteiger partial charge in [0.15, 0.2) is 11.5 Å². The van der Waals surface area contributed by atoms with Gasteiger partial charge in [-0.3, -0.25) is 4.79 Å². The van der Waals surface area contributed by atoms with E-state index in [-0.39, 0.29) is 11.3 Å². The SMILES string of the molecule is COc1cc(-c2nc3ccccc3c(=O)[nH]2)ccc1OC(=O)c1ccccc1I. The van der Waals surface area contributed by atoms with Gasteiger partial charge in [0.2, 0.25) is 0 Å². The molecule has 1 N–H and O–H groups in total. The molecule has 0 aliphatic carbocycles. The van der Waals surface area contributed by atoms with E-state index in [4.69, 9.17) is 9.47 Å². The highest BCUT2D eigenvalue weighted by molar-refractivity contribution is 14.1. The summed E-state index contributed by atoms with van der Waals surface area (Å²) in [6, 6.07) is 19.3. The second-order valence-corrected chi connectivity index (χ2v) is 7.33. The van der Waals surface area contributed by atoms with Gasteiger partial charge in [0.05, 0.1) is 23.6 Å². The molecule has 0 aliphatic rings. The quantitative estimate of drug-likeness (QED) is 0.256. The molecule has 1 heterocycles. The van der Waals surface area contributed by atoms with Crippen molar-refractivity contribution in [2.24, 2.45) is 0 Å². The third kappa shape index (κ3) is 3.86. The number of halogens is 1. The van der Waals surface area contributed by atoms with E-state index in [2.05, 4.69) is 32.6 Å². The molecule has 0 bridgehead atoms. The van der Waals surface area contributed by atoms with Gasteiger partial charge in [-0.1, -0.05) is 24.3 Å². The molecule has 0 amide bonds. The van der Waals surface area contributed by atoms with Crippen LogP contribution in [0, 0.1) is 3.57 Å². The fraction of sp³-hybridized carbons (Fsp3) is 0.0455. The molecule has 1 aromatic heterocycles. The Morgan fingerprint density at radius 1 is 1.00 bits per heavy atom. The third-order valence-corrected chi connectivity index (χ3v) is 5.29. The highest BCUT2D eigenvalue weighted by Crippen LogP contribution is 2.32. The van der Waals surface area contributed by atoms with Crippen molar-refractivity contribution in [1.29, 1.82) is 0 Å². The van der Waals surface area contributed by atoms with Gasteiger partial charge in [-0.05, 0) is 65.1 Å². The molecule has 0 unspecified atom stereocenters. The fourth-order valence-electron chi connectivity index (χ4n) is 2.90. The number of hydrogen-bond acceptors (Lipinski definition) is 5. The second-order valence-electron chi connectivity index (χ2n) is 6.17. The molecule has 3 aromatic carbocycles. The Hall–Kier alpha value is -3.20. The molecule has 0 fully saturated rings. The van der Waals surface area contributed by atoms with Crippen LogP contribution in [0.15, 0.2) is 71.5 Å². The number of H-pyrrole nitrogens is 1. The summed E-state index contributed by atoms with van der Waals surface area (Å²) in [7, 11) is 1.49. The van der Waals surface area contributed by atoms with Crippen molar-refractivity contribution >= 4 is 39.5 Å². The van der Waals surface area contributed by atoms with E-state index in [1.165, 1.54) is 7.11 Å². The van der Waals surface area contributed by atoms with Gasteiger partial charge in [-0.25, -0.2) is 9.78 Å². The number of nitrogens with one attached hydrogen (secondary N) is 1. The number of benzene rings is 3. The Kier molecular flexibility index (Phi) is 5.30. The number of carbonyl (C=O) groups excluding carboxylic acids is 1. The van der Waals surface area contributed by atoms with Crippen LogP contribution >= 0.6 is 22.6 Å². The minimum absolute atomic E-state index is 0.223. The lowest BCUT2D eigenvalue weighted by Gasteiger charge is -2.11. The molecule has 0 atom stereocenters. The van der Waals surface area contributed by atoms with Gasteiger partial charge in [-0.2, -0.15) is 0 Å². The molecule has 0 aliphatic heterocycles. The minimum atomic E-state index is -0.474. The summed E-state index contributed by atoms with van der Waals surface area (Å²) in [4.78, 5) is 32.1. The topological polar surface area (TPSA) is 81.3 Å². The van der Waals surface area contributed by atoms with Crippen LogP contribution < -0.4 is 15.0 Å². The molecule has 4 rings (SSSR count). The molecule has 144 valence electrons. The predicted molar refractivity (Wildman–Crippen MR) is 118 cm³/mol. The van der Waals surface area contributed by atoms with Crippen molar-refractivity contribution < 1.29 is 14.3 Å². The van der Waals surface area contributed by atoms with Crippen molar-refractivity contribution in [2.45, 2.75) is 0 Å². The largest absolute Gasteiger partial charge is 0.493 e. The number of para-hydroxylation sites is 1. The lowest BCUT2D eigenvalue weighted by atomic mass is 10.1. The first-order chi connectivity index (χ1) is 14.1. The van der Waals surface area contributed by atoms with Crippen LogP contribution in [0.2, 0.25) is 0 Å². The first kappa shape index (κ1) is 19.1. The summed E-state index contributed by atoms with van der Waals surface area (Å²) in [5.41, 5.74) is 1.48. The Morgan fingerprint density at radius 2 is 1.76 bits per heavy atom. The Morgan fingerprint density at radius 3 is 2.55 bits per heavy atom. The monoisotopic (exact) mass is 498 g/mol. The molecule has 0 radical (unpaired) electrons. The number of rotatable bonds is 4. The number of aromatic amines is 1. The number of fused-ring (bicyclic) bond motifs is 1. The fourth-order valence-corrected chi connectivity index (χ4v) is 3.51. The molecule has 0 spiro atoms. The van der Waals surface area contributed by atoms with Crippen LogP contribution in [-0.2, 0) is 0 Å². The molecule has 4 aromatic rings. The van der Waals surface area contributed by atoms with Gasteiger partial charge >= 0.3 is 5.97 Å². The zero-order valence-electron chi connectivity index (χ0n) is 15.3. The first-order valence-corrected chi connectivity index (χ1v) is 9.79. The number of esters is 1.